The Morgan fingerprint density at radius 2 is 2.05 bits per heavy atom. The quantitative estimate of drug-likeness (QED) is 0.874. The second kappa shape index (κ2) is 6.88. The number of carbonyl (C=O) groups is 1. The van der Waals surface area contributed by atoms with Crippen molar-refractivity contribution in [2.45, 2.75) is 25.9 Å². The standard InChI is InChI=1S/C15H21N5O/c1-12(19(3)14-7-5-4-6-8-14)9-17-15(21)13(2)20-11-16-10-18-20/h4-8,10-13H,9H2,1-3H3,(H,17,21)/t12-,13-/m1/s1. The molecule has 21 heavy (non-hydrogen) atoms. The van der Waals surface area contributed by atoms with Gasteiger partial charge in [0.15, 0.2) is 0 Å². The predicted octanol–water partition coefficient (Wildman–Crippen LogP) is 1.48. The summed E-state index contributed by atoms with van der Waals surface area (Å²) >= 11 is 0. The number of anilines is 1. The molecule has 0 spiro atoms. The molecular formula is C15H21N5O. The van der Waals surface area contributed by atoms with Crippen molar-refractivity contribution in [3.05, 3.63) is 43.0 Å². The smallest absolute Gasteiger partial charge is 0.244 e. The zero-order valence-electron chi connectivity index (χ0n) is 12.6. The first-order chi connectivity index (χ1) is 10.1. The summed E-state index contributed by atoms with van der Waals surface area (Å²) in [6.07, 6.45) is 2.97. The molecule has 0 unspecified atom stereocenters. The molecule has 112 valence electrons. The maximum absolute atomic E-state index is 12.1. The van der Waals surface area contributed by atoms with Crippen molar-refractivity contribution in [2.75, 3.05) is 18.5 Å². The predicted molar refractivity (Wildman–Crippen MR) is 82.0 cm³/mol. The number of benzene rings is 1. The molecule has 6 heteroatoms. The van der Waals surface area contributed by atoms with Crippen LogP contribution in [0.1, 0.15) is 19.9 Å². The molecule has 2 atom stereocenters. The van der Waals surface area contributed by atoms with Crippen molar-refractivity contribution < 1.29 is 4.79 Å². The van der Waals surface area contributed by atoms with Gasteiger partial charge in [0.2, 0.25) is 5.91 Å². The third-order valence-corrected chi connectivity index (χ3v) is 3.61. The van der Waals surface area contributed by atoms with E-state index in [4.69, 9.17) is 0 Å². The van der Waals surface area contributed by atoms with E-state index in [2.05, 4.69) is 39.4 Å². The molecule has 0 fully saturated rings. The zero-order valence-corrected chi connectivity index (χ0v) is 12.6. The Labute approximate surface area is 124 Å². The maximum atomic E-state index is 12.1. The average molecular weight is 287 g/mol. The highest BCUT2D eigenvalue weighted by Gasteiger charge is 2.17. The minimum Gasteiger partial charge on any atom is -0.370 e. The third kappa shape index (κ3) is 3.81. The highest BCUT2D eigenvalue weighted by Crippen LogP contribution is 2.13. The van der Waals surface area contributed by atoms with Crippen LogP contribution in [0.25, 0.3) is 0 Å². The summed E-state index contributed by atoms with van der Waals surface area (Å²) in [5, 5.41) is 6.93. The molecule has 6 nitrogen and oxygen atoms in total. The van der Waals surface area contributed by atoms with Crippen LogP contribution in [-0.2, 0) is 4.79 Å². The molecule has 1 aromatic heterocycles. The number of hydrogen-bond donors (Lipinski definition) is 1. The first-order valence-corrected chi connectivity index (χ1v) is 6.99. The van der Waals surface area contributed by atoms with Gasteiger partial charge in [-0.15, -0.1) is 0 Å². The topological polar surface area (TPSA) is 63.1 Å². The largest absolute Gasteiger partial charge is 0.370 e. The summed E-state index contributed by atoms with van der Waals surface area (Å²) in [5.41, 5.74) is 1.13. The number of nitrogens with one attached hydrogen (secondary N) is 1. The molecule has 1 amide bonds. The summed E-state index contributed by atoms with van der Waals surface area (Å²) in [5.74, 6) is -0.0613. The summed E-state index contributed by atoms with van der Waals surface area (Å²) < 4.78 is 1.54. The number of amides is 1. The second-order valence-corrected chi connectivity index (χ2v) is 5.09. The van der Waals surface area contributed by atoms with E-state index in [1.807, 2.05) is 25.2 Å². The van der Waals surface area contributed by atoms with E-state index >= 15 is 0 Å². The van der Waals surface area contributed by atoms with Crippen LogP contribution in [0.15, 0.2) is 43.0 Å². The van der Waals surface area contributed by atoms with Crippen LogP contribution in [0.2, 0.25) is 0 Å². The van der Waals surface area contributed by atoms with Crippen LogP contribution in [0, 0.1) is 0 Å². The van der Waals surface area contributed by atoms with Crippen LogP contribution in [0.4, 0.5) is 5.69 Å². The van der Waals surface area contributed by atoms with Crippen LogP contribution in [-0.4, -0.2) is 40.3 Å². The lowest BCUT2D eigenvalue weighted by molar-refractivity contribution is -0.124. The van der Waals surface area contributed by atoms with E-state index < -0.39 is 0 Å². The van der Waals surface area contributed by atoms with Crippen molar-refractivity contribution in [2.24, 2.45) is 0 Å². The SMILES string of the molecule is C[C@H](CNC(=O)[C@@H](C)n1cncn1)N(C)c1ccccc1. The molecule has 2 aromatic rings. The normalized spacial score (nSPS) is 13.5. The Balaban J connectivity index is 1.86. The van der Waals surface area contributed by atoms with Crippen LogP contribution in [0.5, 0.6) is 0 Å². The molecule has 1 aromatic carbocycles. The number of aromatic nitrogens is 3. The number of likely N-dealkylation sites (N-methyl/N-ethyl adjacent to an activating group) is 1. The van der Waals surface area contributed by atoms with Crippen LogP contribution >= 0.6 is 0 Å². The van der Waals surface area contributed by atoms with Crippen molar-refractivity contribution in [1.29, 1.82) is 0 Å². The van der Waals surface area contributed by atoms with Gasteiger partial charge in [0.25, 0.3) is 0 Å². The summed E-state index contributed by atoms with van der Waals surface area (Å²) in [6, 6.07) is 9.94. The third-order valence-electron chi connectivity index (χ3n) is 3.61. The van der Waals surface area contributed by atoms with Gasteiger partial charge in [-0.25, -0.2) is 9.67 Å². The molecular weight excluding hydrogens is 266 g/mol. The van der Waals surface area contributed by atoms with E-state index in [0.29, 0.717) is 6.54 Å². The van der Waals surface area contributed by atoms with Gasteiger partial charge in [-0.2, -0.15) is 5.10 Å². The highest BCUT2D eigenvalue weighted by atomic mass is 16.2. The molecule has 0 saturated heterocycles. The van der Waals surface area contributed by atoms with Gasteiger partial charge in [-0.1, -0.05) is 18.2 Å². The molecule has 0 aliphatic carbocycles. The average Bonchev–Trinajstić information content (AvgIpc) is 3.06. The fourth-order valence-corrected chi connectivity index (χ4v) is 1.99. The Hall–Kier alpha value is -2.37. The van der Waals surface area contributed by atoms with Crippen LogP contribution in [0.3, 0.4) is 0 Å². The fourth-order valence-electron chi connectivity index (χ4n) is 1.99. The Morgan fingerprint density at radius 1 is 1.33 bits per heavy atom. The lowest BCUT2D eigenvalue weighted by Gasteiger charge is -2.27. The van der Waals surface area contributed by atoms with Gasteiger partial charge < -0.3 is 10.2 Å². The molecule has 1 heterocycles. The van der Waals surface area contributed by atoms with E-state index in [1.54, 1.807) is 17.9 Å². The fraction of sp³-hybridized carbons (Fsp3) is 0.400. The molecule has 0 radical (unpaired) electrons. The van der Waals surface area contributed by atoms with Gasteiger partial charge in [0.1, 0.15) is 18.7 Å². The molecule has 0 bridgehead atoms. The molecule has 0 saturated carbocycles. The van der Waals surface area contributed by atoms with Crippen LogP contribution < -0.4 is 10.2 Å². The first-order valence-electron chi connectivity index (χ1n) is 6.99. The minimum absolute atomic E-state index is 0.0613. The van der Waals surface area contributed by atoms with Gasteiger partial charge in [0, 0.05) is 25.3 Å². The Kier molecular flexibility index (Phi) is 4.92. The van der Waals surface area contributed by atoms with E-state index in [-0.39, 0.29) is 18.0 Å². The Morgan fingerprint density at radius 3 is 2.67 bits per heavy atom. The number of carbonyl (C=O) groups excluding carboxylic acids is 1. The van der Waals surface area contributed by atoms with Gasteiger partial charge in [0.05, 0.1) is 0 Å². The van der Waals surface area contributed by atoms with Crippen molar-refractivity contribution >= 4 is 11.6 Å². The summed E-state index contributed by atoms with van der Waals surface area (Å²) in [7, 11) is 2.02. The van der Waals surface area contributed by atoms with Crippen molar-refractivity contribution in [1.82, 2.24) is 20.1 Å². The minimum atomic E-state index is -0.360. The summed E-state index contributed by atoms with van der Waals surface area (Å²) in [4.78, 5) is 18.1. The lowest BCUT2D eigenvalue weighted by Crippen LogP contribution is -2.42. The molecule has 0 aliphatic rings. The van der Waals surface area contributed by atoms with E-state index in [9.17, 15) is 4.79 Å². The number of rotatable bonds is 6. The van der Waals surface area contributed by atoms with Crippen molar-refractivity contribution in [3.8, 4) is 0 Å². The van der Waals surface area contributed by atoms with E-state index in [1.165, 1.54) is 6.33 Å². The number of para-hydroxylation sites is 1. The lowest BCUT2D eigenvalue weighted by atomic mass is 10.2. The Bertz CT molecular complexity index is 555. The van der Waals surface area contributed by atoms with Gasteiger partial charge >= 0.3 is 0 Å². The van der Waals surface area contributed by atoms with Gasteiger partial charge in [-0.3, -0.25) is 4.79 Å². The molecule has 2 rings (SSSR count). The zero-order chi connectivity index (χ0) is 15.2. The number of nitrogens with zero attached hydrogens (tertiary/aromatic N) is 4. The molecule has 0 aliphatic heterocycles. The highest BCUT2D eigenvalue weighted by molar-refractivity contribution is 5.79. The van der Waals surface area contributed by atoms with Crippen molar-refractivity contribution in [3.63, 3.8) is 0 Å². The van der Waals surface area contributed by atoms with Gasteiger partial charge in [-0.05, 0) is 26.0 Å². The number of hydrogen-bond acceptors (Lipinski definition) is 4. The maximum Gasteiger partial charge on any atom is 0.244 e. The van der Waals surface area contributed by atoms with E-state index in [0.717, 1.165) is 5.69 Å². The monoisotopic (exact) mass is 287 g/mol. The summed E-state index contributed by atoms with van der Waals surface area (Å²) in [6.45, 7) is 4.45. The second-order valence-electron chi connectivity index (χ2n) is 5.09. The molecule has 1 N–H and O–H groups in total. The first kappa shape index (κ1) is 15.0.